The fraction of sp³-hybridized carbons (Fsp3) is 0.500. The molecule has 0 saturated heterocycles. The highest BCUT2D eigenvalue weighted by atomic mass is 16.6. The van der Waals surface area contributed by atoms with E-state index in [9.17, 15) is 0 Å². The maximum atomic E-state index is 4.79. The van der Waals surface area contributed by atoms with E-state index in [0.717, 1.165) is 11.0 Å². The third kappa shape index (κ3) is 1.74. The summed E-state index contributed by atoms with van der Waals surface area (Å²) in [5.74, 6) is 0.946. The third-order valence-electron chi connectivity index (χ3n) is 2.70. The van der Waals surface area contributed by atoms with Crippen LogP contribution in [0.3, 0.4) is 0 Å². The molecule has 3 heteroatoms. The predicted molar refractivity (Wildman–Crippen MR) is 60.0 cm³/mol. The molecule has 0 radical (unpaired) electrons. The number of rotatable bonds is 2. The lowest BCUT2D eigenvalue weighted by Crippen LogP contribution is -1.94. The fourth-order valence-electron chi connectivity index (χ4n) is 1.71. The monoisotopic (exact) mass is 204 g/mol. The van der Waals surface area contributed by atoms with Crippen molar-refractivity contribution >= 4 is 11.0 Å². The van der Waals surface area contributed by atoms with Gasteiger partial charge in [0.2, 0.25) is 0 Å². The molecule has 1 aromatic carbocycles. The third-order valence-corrected chi connectivity index (χ3v) is 2.70. The van der Waals surface area contributed by atoms with Crippen LogP contribution in [0.1, 0.15) is 50.7 Å². The number of hydrogen-bond acceptors (Lipinski definition) is 3. The Labute approximate surface area is 89.4 Å². The van der Waals surface area contributed by atoms with Crippen LogP contribution in [-0.4, -0.2) is 10.3 Å². The molecule has 80 valence electrons. The molecule has 1 heterocycles. The molecule has 0 aliphatic carbocycles. The molecule has 0 bridgehead atoms. The van der Waals surface area contributed by atoms with Gasteiger partial charge in [0.15, 0.2) is 0 Å². The average Bonchev–Trinajstić information content (AvgIpc) is 2.62. The maximum absolute atomic E-state index is 4.79. The van der Waals surface area contributed by atoms with Gasteiger partial charge in [-0.25, -0.2) is 4.63 Å². The molecule has 0 fully saturated rings. The second-order valence-electron chi connectivity index (χ2n) is 4.55. The summed E-state index contributed by atoms with van der Waals surface area (Å²) >= 11 is 0. The average molecular weight is 204 g/mol. The predicted octanol–water partition coefficient (Wildman–Crippen LogP) is 3.47. The van der Waals surface area contributed by atoms with Gasteiger partial charge in [0.25, 0.3) is 0 Å². The van der Waals surface area contributed by atoms with Crippen LogP contribution in [-0.2, 0) is 0 Å². The van der Waals surface area contributed by atoms with Crippen molar-refractivity contribution in [2.24, 2.45) is 0 Å². The van der Waals surface area contributed by atoms with Gasteiger partial charge in [0.05, 0.1) is 0 Å². The van der Waals surface area contributed by atoms with Crippen molar-refractivity contribution < 1.29 is 4.63 Å². The van der Waals surface area contributed by atoms with Crippen LogP contribution in [0.25, 0.3) is 11.0 Å². The molecule has 0 spiro atoms. The molecular weight excluding hydrogens is 188 g/mol. The van der Waals surface area contributed by atoms with Crippen LogP contribution in [0.2, 0.25) is 0 Å². The standard InChI is InChI=1S/C12H16N2O/c1-7(2)9-5-10(8(3)4)12-11(6-9)13-15-14-12/h5-8H,1-4H3. The Balaban J connectivity index is 2.69. The Morgan fingerprint density at radius 3 is 2.33 bits per heavy atom. The quantitative estimate of drug-likeness (QED) is 0.751. The van der Waals surface area contributed by atoms with Gasteiger partial charge in [-0.15, -0.1) is 0 Å². The van der Waals surface area contributed by atoms with E-state index < -0.39 is 0 Å². The van der Waals surface area contributed by atoms with Crippen LogP contribution in [0, 0.1) is 0 Å². The minimum atomic E-state index is 0.443. The van der Waals surface area contributed by atoms with Crippen molar-refractivity contribution in [3.8, 4) is 0 Å². The number of fused-ring (bicyclic) bond motifs is 1. The van der Waals surface area contributed by atoms with E-state index in [1.165, 1.54) is 11.1 Å². The van der Waals surface area contributed by atoms with Gasteiger partial charge in [0.1, 0.15) is 11.0 Å². The van der Waals surface area contributed by atoms with E-state index in [2.05, 4.69) is 50.1 Å². The molecule has 15 heavy (non-hydrogen) atoms. The zero-order valence-corrected chi connectivity index (χ0v) is 9.61. The molecule has 0 aliphatic rings. The molecule has 3 nitrogen and oxygen atoms in total. The highest BCUT2D eigenvalue weighted by Crippen LogP contribution is 2.27. The van der Waals surface area contributed by atoms with Gasteiger partial charge < -0.3 is 0 Å². The molecule has 0 N–H and O–H groups in total. The zero-order chi connectivity index (χ0) is 11.0. The van der Waals surface area contributed by atoms with Gasteiger partial charge in [-0.1, -0.05) is 33.8 Å². The van der Waals surface area contributed by atoms with Crippen molar-refractivity contribution in [2.75, 3.05) is 0 Å². The van der Waals surface area contributed by atoms with E-state index in [1.807, 2.05) is 0 Å². The summed E-state index contributed by atoms with van der Waals surface area (Å²) in [6.45, 7) is 8.68. The first-order valence-electron chi connectivity index (χ1n) is 5.35. The summed E-state index contributed by atoms with van der Waals surface area (Å²) in [4.78, 5) is 0. The van der Waals surface area contributed by atoms with E-state index in [1.54, 1.807) is 0 Å². The Morgan fingerprint density at radius 2 is 1.73 bits per heavy atom. The topological polar surface area (TPSA) is 38.9 Å². The number of aromatic nitrogens is 2. The molecule has 0 saturated carbocycles. The normalized spacial score (nSPS) is 11.9. The van der Waals surface area contributed by atoms with Crippen molar-refractivity contribution in [1.82, 2.24) is 10.3 Å². The van der Waals surface area contributed by atoms with Crippen LogP contribution in [0.4, 0.5) is 0 Å². The molecule has 2 rings (SSSR count). The van der Waals surface area contributed by atoms with E-state index >= 15 is 0 Å². The van der Waals surface area contributed by atoms with Crippen molar-refractivity contribution in [2.45, 2.75) is 39.5 Å². The first-order valence-corrected chi connectivity index (χ1v) is 5.35. The summed E-state index contributed by atoms with van der Waals surface area (Å²) < 4.78 is 4.79. The van der Waals surface area contributed by atoms with Gasteiger partial charge >= 0.3 is 0 Å². The molecule has 1 aromatic heterocycles. The Kier molecular flexibility index (Phi) is 2.47. The molecule has 0 atom stereocenters. The lowest BCUT2D eigenvalue weighted by Gasteiger charge is -2.10. The van der Waals surface area contributed by atoms with E-state index in [-0.39, 0.29) is 0 Å². The zero-order valence-electron chi connectivity index (χ0n) is 9.61. The summed E-state index contributed by atoms with van der Waals surface area (Å²) in [5, 5.41) is 7.87. The first-order chi connectivity index (χ1) is 7.09. The molecule has 0 aliphatic heterocycles. The minimum absolute atomic E-state index is 0.443. The Bertz CT molecular complexity index is 471. The molecule has 0 amide bonds. The Hall–Kier alpha value is -1.38. The minimum Gasteiger partial charge on any atom is -0.243 e. The van der Waals surface area contributed by atoms with Crippen molar-refractivity contribution in [3.63, 3.8) is 0 Å². The lowest BCUT2D eigenvalue weighted by molar-refractivity contribution is 0.315. The lowest BCUT2D eigenvalue weighted by atomic mass is 9.94. The Morgan fingerprint density at radius 1 is 1.00 bits per heavy atom. The second kappa shape index (κ2) is 3.65. The number of nitrogens with zero attached hydrogens (tertiary/aromatic N) is 2. The van der Waals surface area contributed by atoms with Crippen molar-refractivity contribution in [1.29, 1.82) is 0 Å². The summed E-state index contributed by atoms with van der Waals surface area (Å²) in [7, 11) is 0. The van der Waals surface area contributed by atoms with Gasteiger partial charge in [-0.3, -0.25) is 0 Å². The van der Waals surface area contributed by atoms with Gasteiger partial charge in [-0.05, 0) is 39.3 Å². The van der Waals surface area contributed by atoms with E-state index in [4.69, 9.17) is 4.63 Å². The van der Waals surface area contributed by atoms with Crippen LogP contribution in [0.5, 0.6) is 0 Å². The molecule has 0 unspecified atom stereocenters. The van der Waals surface area contributed by atoms with Crippen molar-refractivity contribution in [3.05, 3.63) is 23.3 Å². The SMILES string of the molecule is CC(C)c1cc(C(C)C)c2nonc2c1. The smallest absolute Gasteiger partial charge is 0.138 e. The van der Waals surface area contributed by atoms with Crippen LogP contribution in [0.15, 0.2) is 16.8 Å². The fourth-order valence-corrected chi connectivity index (χ4v) is 1.71. The number of hydrogen-bond donors (Lipinski definition) is 0. The number of benzene rings is 1. The van der Waals surface area contributed by atoms with E-state index in [0.29, 0.717) is 11.8 Å². The summed E-state index contributed by atoms with van der Waals surface area (Å²) in [6.07, 6.45) is 0. The highest BCUT2D eigenvalue weighted by molar-refractivity contribution is 5.78. The largest absolute Gasteiger partial charge is 0.243 e. The molecular formula is C12H16N2O. The van der Waals surface area contributed by atoms with Gasteiger partial charge in [-0.2, -0.15) is 0 Å². The highest BCUT2D eigenvalue weighted by Gasteiger charge is 2.13. The van der Waals surface area contributed by atoms with Crippen LogP contribution < -0.4 is 0 Å². The van der Waals surface area contributed by atoms with Crippen LogP contribution >= 0.6 is 0 Å². The molecule has 2 aromatic rings. The maximum Gasteiger partial charge on any atom is 0.138 e. The second-order valence-corrected chi connectivity index (χ2v) is 4.55. The summed E-state index contributed by atoms with van der Waals surface area (Å²) in [6, 6.07) is 4.27. The first kappa shape index (κ1) is 10.1. The summed E-state index contributed by atoms with van der Waals surface area (Å²) in [5.41, 5.74) is 4.28. The van der Waals surface area contributed by atoms with Gasteiger partial charge in [0, 0.05) is 0 Å².